The lowest BCUT2D eigenvalue weighted by atomic mass is 9.91. The van der Waals surface area contributed by atoms with Crippen LogP contribution in [0.4, 0.5) is 5.69 Å². The predicted octanol–water partition coefficient (Wildman–Crippen LogP) is 2.81. The van der Waals surface area contributed by atoms with Gasteiger partial charge in [-0.2, -0.15) is 0 Å². The Labute approximate surface area is 105 Å². The van der Waals surface area contributed by atoms with E-state index in [1.807, 2.05) is 6.07 Å². The second kappa shape index (κ2) is 3.37. The molecule has 1 aliphatic heterocycles. The molecule has 4 rings (SSSR count). The van der Waals surface area contributed by atoms with Crippen molar-refractivity contribution in [1.82, 2.24) is 0 Å². The predicted molar refractivity (Wildman–Crippen MR) is 71.4 cm³/mol. The third kappa shape index (κ3) is 1.22. The molecule has 1 aromatic heterocycles. The monoisotopic (exact) mass is 241 g/mol. The molecular weight excluding hydrogens is 226 g/mol. The number of anilines is 1. The van der Waals surface area contributed by atoms with Gasteiger partial charge in [-0.25, -0.2) is 4.79 Å². The van der Waals surface area contributed by atoms with Crippen LogP contribution in [0.1, 0.15) is 36.0 Å². The largest absolute Gasteiger partial charge is 0.423 e. The Hall–Kier alpha value is -1.77. The van der Waals surface area contributed by atoms with Crippen molar-refractivity contribution < 1.29 is 4.42 Å². The zero-order chi connectivity index (χ0) is 12.3. The maximum Gasteiger partial charge on any atom is 0.336 e. The summed E-state index contributed by atoms with van der Waals surface area (Å²) >= 11 is 0. The molecule has 18 heavy (non-hydrogen) atoms. The van der Waals surface area contributed by atoms with E-state index in [2.05, 4.69) is 12.2 Å². The minimum atomic E-state index is -0.228. The molecule has 3 nitrogen and oxygen atoms in total. The van der Waals surface area contributed by atoms with Gasteiger partial charge in [-0.05, 0) is 41.9 Å². The summed E-state index contributed by atoms with van der Waals surface area (Å²) in [6, 6.07) is 3.67. The molecule has 0 saturated carbocycles. The van der Waals surface area contributed by atoms with Crippen LogP contribution in [0, 0.1) is 0 Å². The Balaban J connectivity index is 2.17. The first kappa shape index (κ1) is 10.2. The van der Waals surface area contributed by atoms with Gasteiger partial charge in [0.25, 0.3) is 0 Å². The van der Waals surface area contributed by atoms with Crippen molar-refractivity contribution in [3.05, 3.63) is 39.2 Å². The van der Waals surface area contributed by atoms with E-state index in [0.717, 1.165) is 36.2 Å². The second-order valence-electron chi connectivity index (χ2n) is 5.42. The summed E-state index contributed by atoms with van der Waals surface area (Å²) in [7, 11) is 0. The SMILES string of the molecule is C[C@H]1Cc2cc(=O)oc3cc4c(c1c23)CCCN4. The average molecular weight is 241 g/mol. The Bertz CT molecular complexity index is 714. The van der Waals surface area contributed by atoms with Crippen molar-refractivity contribution in [3.63, 3.8) is 0 Å². The van der Waals surface area contributed by atoms with Crippen LogP contribution in [-0.4, -0.2) is 6.54 Å². The Kier molecular flexibility index (Phi) is 1.91. The molecule has 0 fully saturated rings. The molecule has 1 aromatic carbocycles. The van der Waals surface area contributed by atoms with Crippen LogP contribution in [0.2, 0.25) is 0 Å². The molecule has 0 unspecified atom stereocenters. The molecule has 0 spiro atoms. The van der Waals surface area contributed by atoms with E-state index in [0.29, 0.717) is 5.92 Å². The van der Waals surface area contributed by atoms with E-state index >= 15 is 0 Å². The Morgan fingerprint density at radius 2 is 2.28 bits per heavy atom. The third-order valence-corrected chi connectivity index (χ3v) is 4.20. The molecule has 92 valence electrons. The van der Waals surface area contributed by atoms with Crippen molar-refractivity contribution in [2.45, 2.75) is 32.1 Å². The summed E-state index contributed by atoms with van der Waals surface area (Å²) in [5.41, 5.74) is 5.70. The van der Waals surface area contributed by atoms with Crippen LogP contribution in [0.5, 0.6) is 0 Å². The van der Waals surface area contributed by atoms with Crippen LogP contribution >= 0.6 is 0 Å². The van der Waals surface area contributed by atoms with E-state index in [1.54, 1.807) is 6.07 Å². The molecule has 1 aliphatic carbocycles. The Morgan fingerprint density at radius 1 is 1.39 bits per heavy atom. The van der Waals surface area contributed by atoms with Crippen LogP contribution in [0.15, 0.2) is 21.3 Å². The van der Waals surface area contributed by atoms with Crippen molar-refractivity contribution in [2.24, 2.45) is 0 Å². The average Bonchev–Trinajstić information content (AvgIpc) is 2.67. The quantitative estimate of drug-likeness (QED) is 0.721. The molecule has 2 aliphatic rings. The summed E-state index contributed by atoms with van der Waals surface area (Å²) in [6.07, 6.45) is 3.29. The standard InChI is InChI=1S/C15H15NO2/c1-8-5-9-6-13(17)18-12-7-11-10(3-2-4-16-11)14(8)15(9)12/h6-8,16H,2-5H2,1H3/t8-/m0/s1. The van der Waals surface area contributed by atoms with E-state index in [9.17, 15) is 4.79 Å². The van der Waals surface area contributed by atoms with E-state index < -0.39 is 0 Å². The number of hydrogen-bond donors (Lipinski definition) is 1. The van der Waals surface area contributed by atoms with Gasteiger partial charge < -0.3 is 9.73 Å². The van der Waals surface area contributed by atoms with E-state index in [4.69, 9.17) is 4.42 Å². The second-order valence-corrected chi connectivity index (χ2v) is 5.42. The van der Waals surface area contributed by atoms with Crippen molar-refractivity contribution >= 4 is 16.7 Å². The van der Waals surface area contributed by atoms with Gasteiger partial charge in [-0.15, -0.1) is 0 Å². The molecule has 0 saturated heterocycles. The number of fused-ring (bicyclic) bond motifs is 2. The maximum atomic E-state index is 11.6. The lowest BCUT2D eigenvalue weighted by molar-refractivity contribution is 0.559. The van der Waals surface area contributed by atoms with Gasteiger partial charge in [0.2, 0.25) is 0 Å². The zero-order valence-corrected chi connectivity index (χ0v) is 10.4. The van der Waals surface area contributed by atoms with Gasteiger partial charge in [-0.3, -0.25) is 0 Å². The summed E-state index contributed by atoms with van der Waals surface area (Å²) < 4.78 is 5.38. The highest BCUT2D eigenvalue weighted by Gasteiger charge is 2.28. The van der Waals surface area contributed by atoms with Gasteiger partial charge in [-0.1, -0.05) is 6.92 Å². The molecule has 0 radical (unpaired) electrons. The summed E-state index contributed by atoms with van der Waals surface area (Å²) in [5, 5.41) is 4.63. The number of benzene rings is 1. The minimum absolute atomic E-state index is 0.228. The minimum Gasteiger partial charge on any atom is -0.423 e. The van der Waals surface area contributed by atoms with Gasteiger partial charge >= 0.3 is 5.63 Å². The fourth-order valence-corrected chi connectivity index (χ4v) is 3.54. The smallest absolute Gasteiger partial charge is 0.336 e. The van der Waals surface area contributed by atoms with Crippen LogP contribution in [0.25, 0.3) is 11.0 Å². The molecule has 2 aromatic rings. The van der Waals surface area contributed by atoms with Crippen molar-refractivity contribution in [1.29, 1.82) is 0 Å². The first-order valence-electron chi connectivity index (χ1n) is 6.60. The van der Waals surface area contributed by atoms with E-state index in [-0.39, 0.29) is 5.63 Å². The fraction of sp³-hybridized carbons (Fsp3) is 0.400. The summed E-state index contributed by atoms with van der Waals surface area (Å²) in [5.74, 6) is 0.495. The number of hydrogen-bond acceptors (Lipinski definition) is 3. The number of nitrogens with one attached hydrogen (secondary N) is 1. The normalized spacial score (nSPS) is 20.8. The zero-order valence-electron chi connectivity index (χ0n) is 10.4. The van der Waals surface area contributed by atoms with Crippen molar-refractivity contribution in [2.75, 3.05) is 11.9 Å². The number of rotatable bonds is 0. The van der Waals surface area contributed by atoms with Crippen molar-refractivity contribution in [3.8, 4) is 0 Å². The Morgan fingerprint density at radius 3 is 3.17 bits per heavy atom. The highest BCUT2D eigenvalue weighted by Crippen LogP contribution is 2.43. The van der Waals surface area contributed by atoms with E-state index in [1.165, 1.54) is 22.9 Å². The lowest BCUT2D eigenvalue weighted by Gasteiger charge is -2.22. The molecule has 0 bridgehead atoms. The van der Waals surface area contributed by atoms with Crippen LogP contribution in [0.3, 0.4) is 0 Å². The molecule has 1 N–H and O–H groups in total. The lowest BCUT2D eigenvalue weighted by Crippen LogP contribution is -2.14. The third-order valence-electron chi connectivity index (χ3n) is 4.20. The molecule has 1 atom stereocenters. The fourth-order valence-electron chi connectivity index (χ4n) is 3.54. The highest BCUT2D eigenvalue weighted by atomic mass is 16.4. The van der Waals surface area contributed by atoms with Gasteiger partial charge in [0, 0.05) is 29.8 Å². The first-order valence-corrected chi connectivity index (χ1v) is 6.60. The topological polar surface area (TPSA) is 42.2 Å². The molecular formula is C15H15NO2. The van der Waals surface area contributed by atoms with Gasteiger partial charge in [0.15, 0.2) is 0 Å². The van der Waals surface area contributed by atoms with Crippen LogP contribution in [-0.2, 0) is 12.8 Å². The first-order chi connectivity index (χ1) is 8.74. The van der Waals surface area contributed by atoms with Crippen LogP contribution < -0.4 is 10.9 Å². The molecule has 3 heteroatoms. The summed E-state index contributed by atoms with van der Waals surface area (Å²) in [4.78, 5) is 11.6. The molecule has 0 amide bonds. The van der Waals surface area contributed by atoms with Gasteiger partial charge in [0.05, 0.1) is 0 Å². The van der Waals surface area contributed by atoms with Gasteiger partial charge in [0.1, 0.15) is 5.58 Å². The highest BCUT2D eigenvalue weighted by molar-refractivity contribution is 5.92. The maximum absolute atomic E-state index is 11.6. The molecule has 2 heterocycles. The summed E-state index contributed by atoms with van der Waals surface area (Å²) in [6.45, 7) is 3.25.